The molecule has 0 fully saturated rings. The second kappa shape index (κ2) is 5.51. The third-order valence-electron chi connectivity index (χ3n) is 1.33. The van der Waals surface area contributed by atoms with E-state index in [0.717, 1.165) is 0 Å². The zero-order valence-corrected chi connectivity index (χ0v) is 7.87. The molecule has 0 atom stereocenters. The van der Waals surface area contributed by atoms with Crippen molar-refractivity contribution in [1.29, 1.82) is 0 Å². The summed E-state index contributed by atoms with van der Waals surface area (Å²) in [4.78, 5) is 0. The van der Waals surface area contributed by atoms with Gasteiger partial charge in [-0.2, -0.15) is 0 Å². The maximum absolute atomic E-state index is 11.1. The van der Waals surface area contributed by atoms with Gasteiger partial charge in [0, 0.05) is 13.1 Å². The van der Waals surface area contributed by atoms with Crippen LogP contribution in [0.3, 0.4) is 0 Å². The molecule has 0 bridgehead atoms. The third kappa shape index (κ3) is 6.28. The van der Waals surface area contributed by atoms with E-state index in [-0.39, 0.29) is 11.5 Å². The maximum Gasteiger partial charge on any atom is 0.152 e. The van der Waals surface area contributed by atoms with Gasteiger partial charge >= 0.3 is 0 Å². The van der Waals surface area contributed by atoms with Gasteiger partial charge in [-0.1, -0.05) is 0 Å². The molecule has 5 heteroatoms. The van der Waals surface area contributed by atoms with Crippen molar-refractivity contribution in [3.05, 3.63) is 0 Å². The van der Waals surface area contributed by atoms with E-state index in [0.29, 0.717) is 13.1 Å². The van der Waals surface area contributed by atoms with Gasteiger partial charge in [0.1, 0.15) is 0 Å². The van der Waals surface area contributed by atoms with Crippen LogP contribution in [0.25, 0.3) is 0 Å². The smallest absolute Gasteiger partial charge is 0.152 e. The summed E-state index contributed by atoms with van der Waals surface area (Å²) < 4.78 is 22.1. The molecule has 0 saturated heterocycles. The highest BCUT2D eigenvalue weighted by molar-refractivity contribution is 7.91. The fourth-order valence-corrected chi connectivity index (χ4v) is 1.85. The van der Waals surface area contributed by atoms with Gasteiger partial charge < -0.3 is 10.6 Å². The van der Waals surface area contributed by atoms with Crippen LogP contribution in [0.15, 0.2) is 0 Å². The molecule has 0 aliphatic rings. The van der Waals surface area contributed by atoms with Crippen LogP contribution in [-0.2, 0) is 9.84 Å². The van der Waals surface area contributed by atoms with Crippen molar-refractivity contribution in [2.24, 2.45) is 0 Å². The van der Waals surface area contributed by atoms with E-state index in [1.165, 1.54) is 0 Å². The van der Waals surface area contributed by atoms with Crippen LogP contribution in [0.2, 0.25) is 0 Å². The Morgan fingerprint density at radius 1 is 1.00 bits per heavy atom. The van der Waals surface area contributed by atoms with Crippen LogP contribution in [0.1, 0.15) is 0 Å². The zero-order valence-electron chi connectivity index (χ0n) is 7.05. The Bertz CT molecular complexity index is 163. The van der Waals surface area contributed by atoms with E-state index >= 15 is 0 Å². The molecule has 0 aromatic heterocycles. The van der Waals surface area contributed by atoms with Crippen LogP contribution in [0.4, 0.5) is 0 Å². The molecule has 0 radical (unpaired) electrons. The van der Waals surface area contributed by atoms with Gasteiger partial charge in [-0.25, -0.2) is 8.42 Å². The molecule has 0 unspecified atom stereocenters. The molecule has 0 saturated carbocycles. The first kappa shape index (κ1) is 10.9. The number of sulfone groups is 1. The lowest BCUT2D eigenvalue weighted by Crippen LogP contribution is -2.26. The van der Waals surface area contributed by atoms with Crippen molar-refractivity contribution in [3.63, 3.8) is 0 Å². The number of hydrogen-bond donors (Lipinski definition) is 2. The highest BCUT2D eigenvalue weighted by atomic mass is 32.2. The Morgan fingerprint density at radius 2 is 1.36 bits per heavy atom. The van der Waals surface area contributed by atoms with Gasteiger partial charge in [-0.3, -0.25) is 0 Å². The highest BCUT2D eigenvalue weighted by Crippen LogP contribution is 1.86. The van der Waals surface area contributed by atoms with E-state index in [1.807, 2.05) is 0 Å². The Morgan fingerprint density at radius 3 is 1.64 bits per heavy atom. The Kier molecular flexibility index (Phi) is 5.45. The van der Waals surface area contributed by atoms with Gasteiger partial charge in [0.15, 0.2) is 9.84 Å². The Balaban J connectivity index is 3.63. The van der Waals surface area contributed by atoms with Crippen LogP contribution in [0.5, 0.6) is 0 Å². The average Bonchev–Trinajstić information content (AvgIpc) is 1.97. The molecular formula is C6H16N2O2S. The standard InChI is InChI=1S/C6H16N2O2S/c1-7-3-5-11(9,10)6-4-8-2/h7-8H,3-6H2,1-2H3. The van der Waals surface area contributed by atoms with Crippen LogP contribution < -0.4 is 10.6 Å². The number of hydrogen-bond acceptors (Lipinski definition) is 4. The Labute approximate surface area is 68.3 Å². The van der Waals surface area contributed by atoms with E-state index in [9.17, 15) is 8.42 Å². The van der Waals surface area contributed by atoms with Crippen molar-refractivity contribution in [1.82, 2.24) is 10.6 Å². The molecule has 4 nitrogen and oxygen atoms in total. The molecule has 0 spiro atoms. The Hall–Kier alpha value is -0.130. The zero-order chi connectivity index (χ0) is 8.74. The van der Waals surface area contributed by atoms with Crippen molar-refractivity contribution in [2.45, 2.75) is 0 Å². The van der Waals surface area contributed by atoms with Crippen molar-refractivity contribution in [3.8, 4) is 0 Å². The molecule has 0 amide bonds. The largest absolute Gasteiger partial charge is 0.319 e. The van der Waals surface area contributed by atoms with Gasteiger partial charge in [0.2, 0.25) is 0 Å². The van der Waals surface area contributed by atoms with Crippen molar-refractivity contribution in [2.75, 3.05) is 38.7 Å². The van der Waals surface area contributed by atoms with Crippen LogP contribution in [-0.4, -0.2) is 47.1 Å². The first-order chi connectivity index (χ1) is 5.12. The summed E-state index contributed by atoms with van der Waals surface area (Å²) in [5.41, 5.74) is 0. The quantitative estimate of drug-likeness (QED) is 0.541. The van der Waals surface area contributed by atoms with E-state index in [2.05, 4.69) is 10.6 Å². The van der Waals surface area contributed by atoms with Gasteiger partial charge in [0.25, 0.3) is 0 Å². The fourth-order valence-electron chi connectivity index (χ4n) is 0.617. The van der Waals surface area contributed by atoms with Crippen LogP contribution >= 0.6 is 0 Å². The summed E-state index contributed by atoms with van der Waals surface area (Å²) in [7, 11) is 0.656. The minimum absolute atomic E-state index is 0.227. The highest BCUT2D eigenvalue weighted by Gasteiger charge is 2.07. The monoisotopic (exact) mass is 180 g/mol. The molecule has 2 N–H and O–H groups in total. The summed E-state index contributed by atoms with van der Waals surface area (Å²) in [5.74, 6) is 0.455. The van der Waals surface area contributed by atoms with Crippen LogP contribution in [0, 0.1) is 0 Å². The molecule has 68 valence electrons. The van der Waals surface area contributed by atoms with E-state index in [4.69, 9.17) is 0 Å². The van der Waals surface area contributed by atoms with Gasteiger partial charge in [-0.05, 0) is 14.1 Å². The first-order valence-corrected chi connectivity index (χ1v) is 5.44. The molecular weight excluding hydrogens is 164 g/mol. The van der Waals surface area contributed by atoms with E-state index < -0.39 is 9.84 Å². The molecule has 0 aromatic rings. The lowest BCUT2D eigenvalue weighted by molar-refractivity contribution is 0.591. The average molecular weight is 180 g/mol. The summed E-state index contributed by atoms with van der Waals surface area (Å²) >= 11 is 0. The molecule has 0 heterocycles. The predicted molar refractivity (Wildman–Crippen MR) is 46.5 cm³/mol. The van der Waals surface area contributed by atoms with Crippen molar-refractivity contribution >= 4 is 9.84 Å². The van der Waals surface area contributed by atoms with Crippen molar-refractivity contribution < 1.29 is 8.42 Å². The molecule has 11 heavy (non-hydrogen) atoms. The summed E-state index contributed by atoms with van der Waals surface area (Å²) in [6.45, 7) is 1.07. The summed E-state index contributed by atoms with van der Waals surface area (Å²) in [5, 5.41) is 5.60. The second-order valence-electron chi connectivity index (χ2n) is 2.36. The van der Waals surface area contributed by atoms with E-state index in [1.54, 1.807) is 14.1 Å². The molecule has 0 aromatic carbocycles. The topological polar surface area (TPSA) is 58.2 Å². The minimum atomic E-state index is -2.83. The van der Waals surface area contributed by atoms with Gasteiger partial charge in [0.05, 0.1) is 11.5 Å². The molecule has 0 aliphatic carbocycles. The molecule has 0 rings (SSSR count). The minimum Gasteiger partial charge on any atom is -0.319 e. The lowest BCUT2D eigenvalue weighted by Gasteiger charge is -2.02. The summed E-state index contributed by atoms with van der Waals surface area (Å²) in [6, 6.07) is 0. The third-order valence-corrected chi connectivity index (χ3v) is 2.98. The first-order valence-electron chi connectivity index (χ1n) is 3.62. The predicted octanol–water partition coefficient (Wildman–Crippen LogP) is -1.16. The SMILES string of the molecule is CNCCS(=O)(=O)CCNC. The normalized spacial score (nSPS) is 11.8. The fraction of sp³-hybridized carbons (Fsp3) is 1.00. The van der Waals surface area contributed by atoms with Gasteiger partial charge in [-0.15, -0.1) is 0 Å². The summed E-state index contributed by atoms with van der Waals surface area (Å²) in [6.07, 6.45) is 0. The molecule has 0 aliphatic heterocycles. The second-order valence-corrected chi connectivity index (χ2v) is 4.66. The maximum atomic E-state index is 11.1. The lowest BCUT2D eigenvalue weighted by atomic mass is 10.7. The number of rotatable bonds is 6. The number of nitrogens with one attached hydrogen (secondary N) is 2.